The van der Waals surface area contributed by atoms with E-state index < -0.39 is 18.2 Å². The van der Waals surface area contributed by atoms with Gasteiger partial charge in [-0.15, -0.1) is 13.2 Å². The molecule has 2 aromatic carbocycles. The third-order valence-electron chi connectivity index (χ3n) is 8.73. The molecule has 9 heteroatoms. The SMILES string of the molecule is C1CC1.Cc1cscc1-c1ccc(OC(F)(F)F)c(C(C)N2CCC3(CCc4ccc(CC(C)C(=O)O)cc4O3)CC2)c1. The number of ether oxygens (including phenoxy) is 2. The first-order valence-electron chi connectivity index (χ1n) is 15.1. The fourth-order valence-corrected chi connectivity index (χ4v) is 6.76. The van der Waals surface area contributed by atoms with E-state index in [1.807, 2.05) is 48.9 Å². The number of thiophene rings is 1. The van der Waals surface area contributed by atoms with E-state index in [9.17, 15) is 23.1 Å². The van der Waals surface area contributed by atoms with Gasteiger partial charge in [0.25, 0.3) is 0 Å². The zero-order valence-corrected chi connectivity index (χ0v) is 25.8. The fourth-order valence-electron chi connectivity index (χ4n) is 5.90. The molecule has 1 aliphatic carbocycles. The summed E-state index contributed by atoms with van der Waals surface area (Å²) < 4.78 is 50.9. The highest BCUT2D eigenvalue weighted by molar-refractivity contribution is 7.08. The molecule has 1 N–H and O–H groups in total. The molecule has 3 aromatic rings. The van der Waals surface area contributed by atoms with Crippen molar-refractivity contribution < 1.29 is 32.5 Å². The van der Waals surface area contributed by atoms with Crippen molar-refractivity contribution in [2.75, 3.05) is 13.1 Å². The number of fused-ring (bicyclic) bond motifs is 1. The lowest BCUT2D eigenvalue weighted by molar-refractivity contribution is -0.275. The number of carbonyl (C=O) groups is 1. The number of aliphatic carboxylic acids is 1. The summed E-state index contributed by atoms with van der Waals surface area (Å²) in [4.78, 5) is 13.5. The normalized spacial score (nSPS) is 18.9. The van der Waals surface area contributed by atoms with Crippen molar-refractivity contribution in [2.45, 2.75) is 90.1 Å². The summed E-state index contributed by atoms with van der Waals surface area (Å²) in [6, 6.07) is 10.7. The van der Waals surface area contributed by atoms with Gasteiger partial charge in [-0.3, -0.25) is 9.69 Å². The van der Waals surface area contributed by atoms with Gasteiger partial charge < -0.3 is 14.6 Å². The Morgan fingerprint density at radius 1 is 1.07 bits per heavy atom. The Kier molecular flexibility index (Phi) is 9.42. The van der Waals surface area contributed by atoms with Crippen LogP contribution in [0, 0.1) is 12.8 Å². The minimum absolute atomic E-state index is 0.164. The number of hydrogen-bond donors (Lipinski definition) is 1. The van der Waals surface area contributed by atoms with E-state index in [1.54, 1.807) is 24.3 Å². The molecule has 232 valence electrons. The summed E-state index contributed by atoms with van der Waals surface area (Å²) in [6.07, 6.45) is 3.44. The molecule has 0 radical (unpaired) electrons. The van der Waals surface area contributed by atoms with Crippen molar-refractivity contribution in [3.63, 3.8) is 0 Å². The van der Waals surface area contributed by atoms with Gasteiger partial charge in [-0.25, -0.2) is 0 Å². The van der Waals surface area contributed by atoms with Crippen molar-refractivity contribution in [1.82, 2.24) is 4.90 Å². The van der Waals surface area contributed by atoms with Gasteiger partial charge in [0.1, 0.15) is 17.1 Å². The number of carboxylic acid groups (broad SMARTS) is 1. The maximum Gasteiger partial charge on any atom is 0.573 e. The third-order valence-corrected chi connectivity index (χ3v) is 9.60. The Labute approximate surface area is 255 Å². The van der Waals surface area contributed by atoms with Gasteiger partial charge in [-0.05, 0) is 103 Å². The molecule has 43 heavy (non-hydrogen) atoms. The standard InChI is InChI=1S/C31H34F3NO4S.C3H6/c1-19(29(36)37)14-22-4-5-23-8-9-30(38-28(23)15-22)10-12-35(13-11-30)21(3)25-16-24(26-18-40-17-20(26)2)6-7-27(25)39-31(32,33)34;1-2-3-1/h4-7,15-19,21H,8-14H2,1-3H3,(H,36,37);1-3H2. The van der Waals surface area contributed by atoms with Crippen LogP contribution >= 0.6 is 11.3 Å². The van der Waals surface area contributed by atoms with Crippen LogP contribution in [0.2, 0.25) is 0 Å². The molecule has 1 aromatic heterocycles. The van der Waals surface area contributed by atoms with Crippen LogP contribution in [0.25, 0.3) is 11.1 Å². The summed E-state index contributed by atoms with van der Waals surface area (Å²) in [5.41, 5.74) is 5.23. The number of halogens is 3. The molecule has 0 bridgehead atoms. The molecule has 2 atom stereocenters. The van der Waals surface area contributed by atoms with Gasteiger partial charge in [0.2, 0.25) is 0 Å². The molecule has 2 fully saturated rings. The molecule has 1 saturated carbocycles. The summed E-state index contributed by atoms with van der Waals surface area (Å²) >= 11 is 1.57. The van der Waals surface area contributed by atoms with Crippen molar-refractivity contribution in [1.29, 1.82) is 0 Å². The van der Waals surface area contributed by atoms with Crippen LogP contribution in [-0.2, 0) is 17.6 Å². The van der Waals surface area contributed by atoms with Gasteiger partial charge in [-0.2, -0.15) is 11.3 Å². The highest BCUT2D eigenvalue weighted by Gasteiger charge is 2.41. The third kappa shape index (κ3) is 7.92. The van der Waals surface area contributed by atoms with Gasteiger partial charge >= 0.3 is 12.3 Å². The molecule has 2 aliphatic heterocycles. The smallest absolute Gasteiger partial charge is 0.487 e. The molecular weight excluding hydrogens is 575 g/mol. The van der Waals surface area contributed by atoms with Crippen molar-refractivity contribution >= 4 is 17.3 Å². The molecule has 1 saturated heterocycles. The lowest BCUT2D eigenvalue weighted by Gasteiger charge is -2.46. The van der Waals surface area contributed by atoms with E-state index in [1.165, 1.54) is 25.3 Å². The van der Waals surface area contributed by atoms with E-state index in [0.29, 0.717) is 25.1 Å². The van der Waals surface area contributed by atoms with Crippen LogP contribution < -0.4 is 9.47 Å². The summed E-state index contributed by atoms with van der Waals surface area (Å²) in [5.74, 6) is -0.643. The number of alkyl halides is 3. The predicted octanol–water partition coefficient (Wildman–Crippen LogP) is 8.98. The number of likely N-dealkylation sites (tertiary alicyclic amines) is 1. The first-order chi connectivity index (χ1) is 20.4. The molecule has 2 unspecified atom stereocenters. The summed E-state index contributed by atoms with van der Waals surface area (Å²) in [7, 11) is 0. The van der Waals surface area contributed by atoms with Crippen LogP contribution in [0.1, 0.15) is 80.7 Å². The zero-order valence-electron chi connectivity index (χ0n) is 25.0. The van der Waals surface area contributed by atoms with Crippen LogP contribution in [0.5, 0.6) is 11.5 Å². The largest absolute Gasteiger partial charge is 0.573 e. The highest BCUT2D eigenvalue weighted by atomic mass is 32.1. The second-order valence-electron chi connectivity index (χ2n) is 12.2. The monoisotopic (exact) mass is 615 g/mol. The molecule has 5 nitrogen and oxygen atoms in total. The second kappa shape index (κ2) is 12.9. The Hall–Kier alpha value is -3.04. The number of rotatable bonds is 7. The number of nitrogens with zero attached hydrogens (tertiary/aromatic N) is 1. The van der Waals surface area contributed by atoms with E-state index in [2.05, 4.69) is 9.64 Å². The van der Waals surface area contributed by atoms with Crippen LogP contribution in [0.3, 0.4) is 0 Å². The predicted molar refractivity (Wildman–Crippen MR) is 163 cm³/mol. The molecule has 1 spiro atoms. The van der Waals surface area contributed by atoms with E-state index >= 15 is 0 Å². The average Bonchev–Trinajstić information content (AvgIpc) is 3.79. The highest BCUT2D eigenvalue weighted by Crippen LogP contribution is 2.43. The number of aryl methyl sites for hydroxylation is 2. The Morgan fingerprint density at radius 2 is 1.79 bits per heavy atom. The fraction of sp³-hybridized carbons (Fsp3) is 0.500. The zero-order chi connectivity index (χ0) is 30.8. The number of hydrogen-bond acceptors (Lipinski definition) is 5. The van der Waals surface area contributed by atoms with Gasteiger partial charge in [0.15, 0.2) is 0 Å². The van der Waals surface area contributed by atoms with Crippen LogP contribution in [0.15, 0.2) is 47.2 Å². The first kappa shape index (κ1) is 31.4. The Bertz CT molecular complexity index is 1420. The average molecular weight is 616 g/mol. The maximum atomic E-state index is 13.3. The molecule has 3 heterocycles. The maximum absolute atomic E-state index is 13.3. The lowest BCUT2D eigenvalue weighted by atomic mass is 9.82. The van der Waals surface area contributed by atoms with E-state index in [-0.39, 0.29) is 17.4 Å². The van der Waals surface area contributed by atoms with Crippen LogP contribution in [0.4, 0.5) is 13.2 Å². The molecule has 6 rings (SSSR count). The van der Waals surface area contributed by atoms with E-state index in [0.717, 1.165) is 59.3 Å². The Balaban J connectivity index is 0.00000115. The van der Waals surface area contributed by atoms with Gasteiger partial charge in [-0.1, -0.05) is 44.4 Å². The number of benzene rings is 2. The topological polar surface area (TPSA) is 59.0 Å². The number of piperidine rings is 1. The summed E-state index contributed by atoms with van der Waals surface area (Å²) in [5, 5.41) is 13.3. The van der Waals surface area contributed by atoms with Gasteiger partial charge in [0.05, 0.1) is 5.92 Å². The molecule has 3 aliphatic rings. The first-order valence-corrected chi connectivity index (χ1v) is 16.1. The minimum Gasteiger partial charge on any atom is -0.487 e. The van der Waals surface area contributed by atoms with Crippen LogP contribution in [-0.4, -0.2) is 41.0 Å². The van der Waals surface area contributed by atoms with Crippen molar-refractivity contribution in [2.24, 2.45) is 5.92 Å². The number of carboxylic acids is 1. The van der Waals surface area contributed by atoms with E-state index in [4.69, 9.17) is 4.74 Å². The Morgan fingerprint density at radius 3 is 2.40 bits per heavy atom. The van der Waals surface area contributed by atoms with Gasteiger partial charge in [0, 0.05) is 24.7 Å². The molecular formula is C34H40F3NO4S. The molecule has 0 amide bonds. The summed E-state index contributed by atoms with van der Waals surface area (Å²) in [6.45, 7) is 6.99. The minimum atomic E-state index is -4.77. The lowest BCUT2D eigenvalue weighted by Crippen LogP contribution is -2.50. The van der Waals surface area contributed by atoms with Crippen molar-refractivity contribution in [3.05, 3.63) is 69.4 Å². The quantitative estimate of drug-likeness (QED) is 0.288. The second-order valence-corrected chi connectivity index (χ2v) is 13.0. The van der Waals surface area contributed by atoms with Crippen molar-refractivity contribution in [3.8, 4) is 22.6 Å².